The summed E-state index contributed by atoms with van der Waals surface area (Å²) in [6, 6.07) is 0. The van der Waals surface area contributed by atoms with E-state index in [-0.39, 0.29) is 6.61 Å². The number of hydrogen-bond acceptors (Lipinski definition) is 5. The van der Waals surface area contributed by atoms with E-state index in [0.717, 1.165) is 0 Å². The summed E-state index contributed by atoms with van der Waals surface area (Å²) in [5, 5.41) is 45.3. The summed E-state index contributed by atoms with van der Waals surface area (Å²) in [4.78, 5) is 0. The SMILES string of the molecule is CC(CO)[C@@H](O)C(O)C(O)[C@@H](C)O. The van der Waals surface area contributed by atoms with Gasteiger partial charge in [-0.2, -0.15) is 0 Å². The Balaban J connectivity index is 4.15. The zero-order chi connectivity index (χ0) is 10.6. The average Bonchev–Trinajstić information content (AvgIpc) is 2.12. The van der Waals surface area contributed by atoms with Crippen LogP contribution in [-0.4, -0.2) is 56.6 Å². The molecule has 0 aromatic carbocycles. The summed E-state index contributed by atoms with van der Waals surface area (Å²) < 4.78 is 0. The Labute approximate surface area is 77.3 Å². The first kappa shape index (κ1) is 12.8. The summed E-state index contributed by atoms with van der Waals surface area (Å²) in [6.07, 6.45) is -5.20. The van der Waals surface area contributed by atoms with Crippen LogP contribution in [0.1, 0.15) is 13.8 Å². The van der Waals surface area contributed by atoms with E-state index in [9.17, 15) is 10.2 Å². The monoisotopic (exact) mass is 194 g/mol. The molecule has 0 aliphatic carbocycles. The third kappa shape index (κ3) is 3.58. The lowest BCUT2D eigenvalue weighted by Gasteiger charge is -2.27. The first-order valence-electron chi connectivity index (χ1n) is 4.25. The van der Waals surface area contributed by atoms with Crippen LogP contribution in [0, 0.1) is 5.92 Å². The molecule has 5 N–H and O–H groups in total. The number of rotatable bonds is 5. The van der Waals surface area contributed by atoms with E-state index >= 15 is 0 Å². The van der Waals surface area contributed by atoms with Gasteiger partial charge in [-0.3, -0.25) is 0 Å². The van der Waals surface area contributed by atoms with Crippen LogP contribution in [0.5, 0.6) is 0 Å². The van der Waals surface area contributed by atoms with E-state index in [1.165, 1.54) is 13.8 Å². The molecule has 0 rings (SSSR count). The maximum atomic E-state index is 9.32. The molecule has 5 atom stereocenters. The highest BCUT2D eigenvalue weighted by atomic mass is 16.4. The van der Waals surface area contributed by atoms with Crippen LogP contribution >= 0.6 is 0 Å². The normalized spacial score (nSPS) is 23.3. The topological polar surface area (TPSA) is 101 Å². The molecule has 0 bridgehead atoms. The Morgan fingerprint density at radius 2 is 1.31 bits per heavy atom. The molecule has 0 saturated heterocycles. The summed E-state index contributed by atoms with van der Waals surface area (Å²) in [7, 11) is 0. The van der Waals surface area contributed by atoms with Gasteiger partial charge in [-0.15, -0.1) is 0 Å². The number of hydrogen-bond donors (Lipinski definition) is 5. The van der Waals surface area contributed by atoms with Crippen LogP contribution < -0.4 is 0 Å². The third-order valence-corrected chi connectivity index (χ3v) is 2.07. The van der Waals surface area contributed by atoms with Crippen LogP contribution in [0.2, 0.25) is 0 Å². The second kappa shape index (κ2) is 5.51. The predicted octanol–water partition coefficient (Wildman–Crippen LogP) is -1.92. The standard InChI is InChI=1S/C8H18O5/c1-4(3-9)6(11)8(13)7(12)5(2)10/h4-13H,3H2,1-2H3/t4?,5-,6-,7?,8?/m1/s1. The minimum Gasteiger partial charge on any atom is -0.396 e. The van der Waals surface area contributed by atoms with Crippen molar-refractivity contribution in [3.8, 4) is 0 Å². The van der Waals surface area contributed by atoms with Crippen molar-refractivity contribution < 1.29 is 25.5 Å². The van der Waals surface area contributed by atoms with Gasteiger partial charge in [0.25, 0.3) is 0 Å². The summed E-state index contributed by atoms with van der Waals surface area (Å²) in [5.74, 6) is -0.539. The Hall–Kier alpha value is -0.200. The van der Waals surface area contributed by atoms with Crippen molar-refractivity contribution in [1.82, 2.24) is 0 Å². The Morgan fingerprint density at radius 3 is 1.62 bits per heavy atom. The molecule has 0 aromatic rings. The molecular weight excluding hydrogens is 176 g/mol. The van der Waals surface area contributed by atoms with Crippen molar-refractivity contribution in [3.05, 3.63) is 0 Å². The van der Waals surface area contributed by atoms with Crippen molar-refractivity contribution in [1.29, 1.82) is 0 Å². The molecule has 0 spiro atoms. The first-order valence-corrected chi connectivity index (χ1v) is 4.25. The zero-order valence-electron chi connectivity index (χ0n) is 7.83. The molecule has 0 fully saturated rings. The minimum atomic E-state index is -1.44. The van der Waals surface area contributed by atoms with Crippen molar-refractivity contribution in [2.45, 2.75) is 38.3 Å². The molecule has 13 heavy (non-hydrogen) atoms. The molecule has 5 heteroatoms. The molecule has 3 unspecified atom stereocenters. The fraction of sp³-hybridized carbons (Fsp3) is 1.00. The van der Waals surface area contributed by atoms with Crippen LogP contribution in [0.4, 0.5) is 0 Å². The van der Waals surface area contributed by atoms with E-state index in [0.29, 0.717) is 0 Å². The predicted molar refractivity (Wildman–Crippen MR) is 46.0 cm³/mol. The second-order valence-electron chi connectivity index (χ2n) is 3.37. The molecule has 0 aliphatic rings. The molecule has 0 radical (unpaired) electrons. The van der Waals surface area contributed by atoms with Gasteiger partial charge in [0.15, 0.2) is 0 Å². The second-order valence-corrected chi connectivity index (χ2v) is 3.37. The lowest BCUT2D eigenvalue weighted by Crippen LogP contribution is -2.46. The van der Waals surface area contributed by atoms with Crippen molar-refractivity contribution in [2.24, 2.45) is 5.92 Å². The minimum absolute atomic E-state index is 0.287. The van der Waals surface area contributed by atoms with E-state index in [1.807, 2.05) is 0 Å². The third-order valence-electron chi connectivity index (χ3n) is 2.07. The highest BCUT2D eigenvalue weighted by molar-refractivity contribution is 4.81. The summed E-state index contributed by atoms with van der Waals surface area (Å²) >= 11 is 0. The fourth-order valence-corrected chi connectivity index (χ4v) is 0.932. The van der Waals surface area contributed by atoms with Gasteiger partial charge >= 0.3 is 0 Å². The molecule has 0 aliphatic heterocycles. The zero-order valence-corrected chi connectivity index (χ0v) is 7.83. The maximum absolute atomic E-state index is 9.32. The smallest absolute Gasteiger partial charge is 0.109 e. The van der Waals surface area contributed by atoms with Crippen molar-refractivity contribution in [2.75, 3.05) is 6.61 Å². The van der Waals surface area contributed by atoms with Gasteiger partial charge in [-0.05, 0) is 6.92 Å². The highest BCUT2D eigenvalue weighted by Crippen LogP contribution is 2.11. The van der Waals surface area contributed by atoms with Crippen LogP contribution in [-0.2, 0) is 0 Å². The molecular formula is C8H18O5. The largest absolute Gasteiger partial charge is 0.396 e. The maximum Gasteiger partial charge on any atom is 0.109 e. The first-order chi connectivity index (χ1) is 5.91. The van der Waals surface area contributed by atoms with Gasteiger partial charge in [-0.1, -0.05) is 6.92 Å². The van der Waals surface area contributed by atoms with Crippen LogP contribution in [0.25, 0.3) is 0 Å². The van der Waals surface area contributed by atoms with Crippen molar-refractivity contribution >= 4 is 0 Å². The summed E-state index contributed by atoms with van der Waals surface area (Å²) in [6.45, 7) is 2.55. The molecule has 0 heterocycles. The van der Waals surface area contributed by atoms with E-state index < -0.39 is 30.3 Å². The Bertz CT molecular complexity index is 138. The molecule has 0 amide bonds. The van der Waals surface area contributed by atoms with Crippen LogP contribution in [0.15, 0.2) is 0 Å². The average molecular weight is 194 g/mol. The number of aliphatic hydroxyl groups excluding tert-OH is 5. The van der Waals surface area contributed by atoms with Gasteiger partial charge < -0.3 is 25.5 Å². The fourth-order valence-electron chi connectivity index (χ4n) is 0.932. The van der Waals surface area contributed by atoms with E-state index in [2.05, 4.69) is 0 Å². The number of aliphatic hydroxyl groups is 5. The Kier molecular flexibility index (Phi) is 5.43. The van der Waals surface area contributed by atoms with Gasteiger partial charge in [0.1, 0.15) is 12.2 Å². The summed E-state index contributed by atoms with van der Waals surface area (Å²) in [5.41, 5.74) is 0. The lowest BCUT2D eigenvalue weighted by molar-refractivity contribution is -0.117. The van der Waals surface area contributed by atoms with E-state index in [1.54, 1.807) is 0 Å². The quantitative estimate of drug-likeness (QED) is 0.351. The van der Waals surface area contributed by atoms with Gasteiger partial charge in [0.2, 0.25) is 0 Å². The highest BCUT2D eigenvalue weighted by Gasteiger charge is 2.30. The molecule has 0 saturated carbocycles. The van der Waals surface area contributed by atoms with E-state index in [4.69, 9.17) is 15.3 Å². The van der Waals surface area contributed by atoms with Gasteiger partial charge in [-0.25, -0.2) is 0 Å². The van der Waals surface area contributed by atoms with Crippen molar-refractivity contribution in [3.63, 3.8) is 0 Å². The molecule has 0 aromatic heterocycles. The molecule has 80 valence electrons. The molecule has 5 nitrogen and oxygen atoms in total. The Morgan fingerprint density at radius 1 is 0.846 bits per heavy atom. The van der Waals surface area contributed by atoms with Crippen LogP contribution in [0.3, 0.4) is 0 Å². The lowest BCUT2D eigenvalue weighted by atomic mass is 9.95. The van der Waals surface area contributed by atoms with Gasteiger partial charge in [0, 0.05) is 12.5 Å². The van der Waals surface area contributed by atoms with Gasteiger partial charge in [0.05, 0.1) is 12.2 Å².